The van der Waals surface area contributed by atoms with Crippen LogP contribution in [0.5, 0.6) is 0 Å². The van der Waals surface area contributed by atoms with Crippen molar-refractivity contribution in [3.8, 4) is 0 Å². The van der Waals surface area contributed by atoms with E-state index in [4.69, 9.17) is 0 Å². The minimum Gasteiger partial charge on any atom is -0.358 e. The highest BCUT2D eigenvalue weighted by molar-refractivity contribution is 6.14. The minimum atomic E-state index is 0.00569. The van der Waals surface area contributed by atoms with Crippen LogP contribution in [-0.2, 0) is 0 Å². The molecule has 0 aliphatic heterocycles. The molecule has 1 aromatic heterocycles. The number of carbonyl (C=O) groups is 1. The molecule has 0 atom stereocenters. The molecule has 0 aliphatic carbocycles. The molecule has 0 unspecified atom stereocenters. The number of hydrogen-bond donors (Lipinski definition) is 1. The summed E-state index contributed by atoms with van der Waals surface area (Å²) in [6.45, 7) is 1.94. The first-order chi connectivity index (χ1) is 9.68. The van der Waals surface area contributed by atoms with E-state index in [9.17, 15) is 4.79 Å². The average molecular weight is 264 g/mol. The molecule has 0 fully saturated rings. The fourth-order valence-electron chi connectivity index (χ4n) is 2.49. The Labute approximate surface area is 117 Å². The van der Waals surface area contributed by atoms with Crippen LogP contribution in [0.1, 0.15) is 16.1 Å². The number of aryl methyl sites for hydroxylation is 1. The largest absolute Gasteiger partial charge is 0.358 e. The van der Waals surface area contributed by atoms with Crippen molar-refractivity contribution in [2.75, 3.05) is 11.9 Å². The number of fused-ring (bicyclic) bond motifs is 1. The molecule has 0 bridgehead atoms. The van der Waals surface area contributed by atoms with E-state index in [1.165, 1.54) is 0 Å². The zero-order valence-electron chi connectivity index (χ0n) is 11.6. The van der Waals surface area contributed by atoms with Gasteiger partial charge in [-0.05, 0) is 25.1 Å². The van der Waals surface area contributed by atoms with Gasteiger partial charge in [-0.2, -0.15) is 0 Å². The number of para-hydroxylation sites is 2. The summed E-state index contributed by atoms with van der Waals surface area (Å²) in [5, 5.41) is 0.970. The zero-order valence-corrected chi connectivity index (χ0v) is 11.6. The lowest BCUT2D eigenvalue weighted by Crippen LogP contribution is -2.26. The summed E-state index contributed by atoms with van der Waals surface area (Å²) < 4.78 is 0. The van der Waals surface area contributed by atoms with Crippen LogP contribution < -0.4 is 4.90 Å². The number of amides is 1. The second-order valence-corrected chi connectivity index (χ2v) is 4.87. The number of nitrogens with one attached hydrogen (secondary N) is 1. The Morgan fingerprint density at radius 2 is 1.65 bits per heavy atom. The quantitative estimate of drug-likeness (QED) is 0.751. The Bertz CT molecular complexity index is 759. The number of nitrogens with zero attached hydrogens (tertiary/aromatic N) is 1. The first-order valence-electron chi connectivity index (χ1n) is 6.59. The van der Waals surface area contributed by atoms with E-state index in [-0.39, 0.29) is 5.91 Å². The van der Waals surface area contributed by atoms with Gasteiger partial charge >= 0.3 is 0 Å². The maximum absolute atomic E-state index is 12.7. The first kappa shape index (κ1) is 12.5. The molecule has 0 radical (unpaired) electrons. The Hall–Kier alpha value is -2.55. The van der Waals surface area contributed by atoms with E-state index in [0.717, 1.165) is 27.8 Å². The predicted molar refractivity (Wildman–Crippen MR) is 82.2 cm³/mol. The third-order valence-corrected chi connectivity index (χ3v) is 3.56. The highest BCUT2D eigenvalue weighted by Crippen LogP contribution is 2.24. The highest BCUT2D eigenvalue weighted by Gasteiger charge is 2.20. The van der Waals surface area contributed by atoms with Crippen molar-refractivity contribution in [2.45, 2.75) is 6.92 Å². The summed E-state index contributed by atoms with van der Waals surface area (Å²) >= 11 is 0. The van der Waals surface area contributed by atoms with Gasteiger partial charge in [0.2, 0.25) is 0 Å². The van der Waals surface area contributed by atoms with Crippen LogP contribution in [0.15, 0.2) is 54.6 Å². The lowest BCUT2D eigenvalue weighted by molar-refractivity contribution is 0.0994. The Morgan fingerprint density at radius 1 is 1.00 bits per heavy atom. The number of aromatic nitrogens is 1. The van der Waals surface area contributed by atoms with Crippen molar-refractivity contribution in [2.24, 2.45) is 0 Å². The number of H-pyrrole nitrogens is 1. The molecule has 2 aromatic carbocycles. The second kappa shape index (κ2) is 4.85. The van der Waals surface area contributed by atoms with Crippen molar-refractivity contribution in [3.05, 3.63) is 65.9 Å². The van der Waals surface area contributed by atoms with Crippen LogP contribution in [0.4, 0.5) is 5.69 Å². The molecule has 1 heterocycles. The second-order valence-electron chi connectivity index (χ2n) is 4.87. The fourth-order valence-corrected chi connectivity index (χ4v) is 2.49. The Balaban J connectivity index is 2.07. The minimum absolute atomic E-state index is 0.00569. The van der Waals surface area contributed by atoms with E-state index in [0.29, 0.717) is 0 Å². The summed E-state index contributed by atoms with van der Waals surface area (Å²) in [7, 11) is 1.80. The molecule has 0 saturated carbocycles. The molecule has 3 nitrogen and oxygen atoms in total. The van der Waals surface area contributed by atoms with Crippen LogP contribution >= 0.6 is 0 Å². The van der Waals surface area contributed by atoms with E-state index in [1.54, 1.807) is 11.9 Å². The molecular weight excluding hydrogens is 248 g/mol. The fraction of sp³-hybridized carbons (Fsp3) is 0.118. The van der Waals surface area contributed by atoms with Gasteiger partial charge in [0, 0.05) is 29.3 Å². The molecule has 0 aliphatic rings. The van der Waals surface area contributed by atoms with E-state index in [2.05, 4.69) is 4.98 Å². The van der Waals surface area contributed by atoms with E-state index >= 15 is 0 Å². The molecule has 1 N–H and O–H groups in total. The SMILES string of the molecule is Cc1[nH]c2ccccc2c1C(=O)N(C)c1ccccc1. The standard InChI is InChI=1S/C17H16N2O/c1-12-16(14-10-6-7-11-15(14)18-12)17(20)19(2)13-8-4-3-5-9-13/h3-11,18H,1-2H3. The molecule has 3 heteroatoms. The van der Waals surface area contributed by atoms with Crippen LogP contribution in [0.3, 0.4) is 0 Å². The lowest BCUT2D eigenvalue weighted by Gasteiger charge is -2.17. The van der Waals surface area contributed by atoms with Crippen molar-refractivity contribution >= 4 is 22.5 Å². The summed E-state index contributed by atoms with van der Waals surface area (Å²) in [6.07, 6.45) is 0. The third kappa shape index (κ3) is 1.97. The number of anilines is 1. The monoisotopic (exact) mass is 264 g/mol. The topological polar surface area (TPSA) is 36.1 Å². The van der Waals surface area contributed by atoms with Gasteiger partial charge in [-0.1, -0.05) is 36.4 Å². The summed E-state index contributed by atoms with van der Waals surface area (Å²) in [6, 6.07) is 17.6. The Morgan fingerprint density at radius 3 is 2.40 bits per heavy atom. The summed E-state index contributed by atoms with van der Waals surface area (Å²) in [5.41, 5.74) is 3.53. The molecule has 0 saturated heterocycles. The molecular formula is C17H16N2O. The lowest BCUT2D eigenvalue weighted by atomic mass is 10.1. The first-order valence-corrected chi connectivity index (χ1v) is 6.59. The molecule has 3 aromatic rings. The van der Waals surface area contributed by atoms with Crippen molar-refractivity contribution < 1.29 is 4.79 Å². The smallest absolute Gasteiger partial charge is 0.260 e. The number of hydrogen-bond acceptors (Lipinski definition) is 1. The van der Waals surface area contributed by atoms with Crippen LogP contribution in [0.25, 0.3) is 10.9 Å². The highest BCUT2D eigenvalue weighted by atomic mass is 16.2. The Kier molecular flexibility index (Phi) is 3.03. The van der Waals surface area contributed by atoms with E-state index < -0.39 is 0 Å². The molecule has 3 rings (SSSR count). The van der Waals surface area contributed by atoms with Crippen LogP contribution in [0.2, 0.25) is 0 Å². The van der Waals surface area contributed by atoms with E-state index in [1.807, 2.05) is 61.5 Å². The molecule has 20 heavy (non-hydrogen) atoms. The van der Waals surface area contributed by atoms with Gasteiger partial charge < -0.3 is 9.88 Å². The van der Waals surface area contributed by atoms with Crippen molar-refractivity contribution in [3.63, 3.8) is 0 Å². The maximum atomic E-state index is 12.7. The van der Waals surface area contributed by atoms with Gasteiger partial charge in [0.25, 0.3) is 5.91 Å². The van der Waals surface area contributed by atoms with Gasteiger partial charge in [0.05, 0.1) is 5.56 Å². The van der Waals surface area contributed by atoms with Gasteiger partial charge in [-0.15, -0.1) is 0 Å². The summed E-state index contributed by atoms with van der Waals surface area (Å²) in [4.78, 5) is 17.7. The summed E-state index contributed by atoms with van der Waals surface area (Å²) in [5.74, 6) is 0.00569. The van der Waals surface area contributed by atoms with Gasteiger partial charge in [0.15, 0.2) is 0 Å². The molecule has 1 amide bonds. The number of benzene rings is 2. The maximum Gasteiger partial charge on any atom is 0.260 e. The number of rotatable bonds is 2. The van der Waals surface area contributed by atoms with Crippen molar-refractivity contribution in [1.29, 1.82) is 0 Å². The van der Waals surface area contributed by atoms with Gasteiger partial charge in [0.1, 0.15) is 0 Å². The van der Waals surface area contributed by atoms with Crippen LogP contribution in [-0.4, -0.2) is 17.9 Å². The normalized spacial score (nSPS) is 10.7. The van der Waals surface area contributed by atoms with Gasteiger partial charge in [-0.3, -0.25) is 4.79 Å². The molecule has 100 valence electrons. The van der Waals surface area contributed by atoms with Crippen molar-refractivity contribution in [1.82, 2.24) is 4.98 Å². The molecule has 0 spiro atoms. The predicted octanol–water partition coefficient (Wildman–Crippen LogP) is 3.75. The average Bonchev–Trinajstić information content (AvgIpc) is 2.82. The third-order valence-electron chi connectivity index (χ3n) is 3.56. The zero-order chi connectivity index (χ0) is 14.1. The van der Waals surface area contributed by atoms with Gasteiger partial charge in [-0.25, -0.2) is 0 Å². The van der Waals surface area contributed by atoms with Crippen LogP contribution in [0, 0.1) is 6.92 Å². The number of aromatic amines is 1. The number of carbonyl (C=O) groups excluding carboxylic acids is 1.